The van der Waals surface area contributed by atoms with Crippen LogP contribution in [0.15, 0.2) is 19.0 Å². The fraction of sp³-hybridized carbons (Fsp3) is 0.571. The van der Waals surface area contributed by atoms with E-state index >= 15 is 0 Å². The van der Waals surface area contributed by atoms with Gasteiger partial charge >= 0.3 is 6.09 Å². The number of ether oxygens (including phenoxy) is 1. The van der Waals surface area contributed by atoms with E-state index in [-0.39, 0.29) is 6.09 Å². The highest BCUT2D eigenvalue weighted by Gasteiger charge is 2.33. The molecule has 0 unspecified atom stereocenters. The fourth-order valence-corrected chi connectivity index (χ4v) is 2.01. The Labute approximate surface area is 113 Å². The van der Waals surface area contributed by atoms with Crippen LogP contribution in [0, 0.1) is 5.92 Å². The molecule has 1 aromatic heterocycles. The highest BCUT2D eigenvalue weighted by molar-refractivity contribution is 5.69. The Morgan fingerprint density at radius 3 is 2.79 bits per heavy atom. The third-order valence-electron chi connectivity index (χ3n) is 2.94. The molecular weight excluding hydrogens is 242 g/mol. The molecule has 0 spiro atoms. The minimum absolute atomic E-state index is 0.226. The molecule has 1 aliphatic rings. The van der Waals surface area contributed by atoms with E-state index in [0.29, 0.717) is 5.92 Å². The molecule has 1 aromatic rings. The van der Waals surface area contributed by atoms with Crippen LogP contribution >= 0.6 is 0 Å². The van der Waals surface area contributed by atoms with Crippen LogP contribution in [0.25, 0.3) is 6.08 Å². The Hall–Kier alpha value is -1.78. The van der Waals surface area contributed by atoms with Crippen LogP contribution in [0.5, 0.6) is 0 Å². The van der Waals surface area contributed by atoms with Gasteiger partial charge in [0.05, 0.1) is 6.20 Å². The predicted octanol–water partition coefficient (Wildman–Crippen LogP) is 2.39. The van der Waals surface area contributed by atoms with Crippen molar-refractivity contribution < 1.29 is 9.53 Å². The van der Waals surface area contributed by atoms with Crippen molar-refractivity contribution in [1.82, 2.24) is 14.7 Å². The Bertz CT molecular complexity index is 467. The summed E-state index contributed by atoms with van der Waals surface area (Å²) < 4.78 is 7.21. The highest BCUT2D eigenvalue weighted by atomic mass is 16.6. The third-order valence-corrected chi connectivity index (χ3v) is 2.94. The molecule has 1 saturated heterocycles. The average molecular weight is 263 g/mol. The van der Waals surface area contributed by atoms with E-state index in [1.165, 1.54) is 0 Å². The first-order valence-corrected chi connectivity index (χ1v) is 6.50. The summed E-state index contributed by atoms with van der Waals surface area (Å²) in [6.45, 7) is 11.6. The van der Waals surface area contributed by atoms with Gasteiger partial charge in [-0.1, -0.05) is 12.7 Å². The maximum atomic E-state index is 11.8. The van der Waals surface area contributed by atoms with Gasteiger partial charge < -0.3 is 9.64 Å². The first-order chi connectivity index (χ1) is 8.87. The Balaban J connectivity index is 1.77. The van der Waals surface area contributed by atoms with Crippen molar-refractivity contribution in [3.8, 4) is 0 Å². The standard InChI is InChI=1S/C14H21N3O2/c1-5-11-6-15-17(9-11)10-12-7-16(8-12)13(18)19-14(2,3)4/h5-6,9,12H,1,7-8,10H2,2-4H3. The lowest BCUT2D eigenvalue weighted by Crippen LogP contribution is -2.52. The first kappa shape index (κ1) is 13.6. The van der Waals surface area contributed by atoms with Crippen molar-refractivity contribution in [2.75, 3.05) is 13.1 Å². The van der Waals surface area contributed by atoms with Crippen molar-refractivity contribution in [3.05, 3.63) is 24.5 Å². The van der Waals surface area contributed by atoms with Gasteiger partial charge in [-0.3, -0.25) is 4.68 Å². The highest BCUT2D eigenvalue weighted by Crippen LogP contribution is 2.20. The summed E-state index contributed by atoms with van der Waals surface area (Å²) in [7, 11) is 0. The van der Waals surface area contributed by atoms with Crippen molar-refractivity contribution in [2.24, 2.45) is 5.92 Å². The number of hydrogen-bond donors (Lipinski definition) is 0. The van der Waals surface area contributed by atoms with Crippen molar-refractivity contribution in [2.45, 2.75) is 32.9 Å². The number of aromatic nitrogens is 2. The molecule has 2 heterocycles. The van der Waals surface area contributed by atoms with Gasteiger partial charge in [0.25, 0.3) is 0 Å². The Kier molecular flexibility index (Phi) is 3.64. The summed E-state index contributed by atoms with van der Waals surface area (Å²) in [6.07, 6.45) is 5.30. The number of amides is 1. The Morgan fingerprint density at radius 1 is 1.58 bits per heavy atom. The SMILES string of the molecule is C=Cc1cnn(CC2CN(C(=O)OC(C)(C)C)C2)c1. The van der Waals surface area contributed by atoms with Crippen molar-refractivity contribution in [3.63, 3.8) is 0 Å². The van der Waals surface area contributed by atoms with Crippen molar-refractivity contribution in [1.29, 1.82) is 0 Å². The summed E-state index contributed by atoms with van der Waals surface area (Å²) in [6, 6.07) is 0. The molecule has 19 heavy (non-hydrogen) atoms. The minimum atomic E-state index is -0.428. The first-order valence-electron chi connectivity index (χ1n) is 6.50. The fourth-order valence-electron chi connectivity index (χ4n) is 2.01. The van der Waals surface area contributed by atoms with Crippen molar-refractivity contribution >= 4 is 12.2 Å². The number of likely N-dealkylation sites (tertiary alicyclic amines) is 1. The van der Waals surface area contributed by atoms with E-state index in [2.05, 4.69) is 11.7 Å². The van der Waals surface area contributed by atoms with E-state index in [4.69, 9.17) is 4.74 Å². The van der Waals surface area contributed by atoms with Gasteiger partial charge in [0.15, 0.2) is 0 Å². The number of rotatable bonds is 3. The van der Waals surface area contributed by atoms with Gasteiger partial charge in [-0.05, 0) is 20.8 Å². The lowest BCUT2D eigenvalue weighted by molar-refractivity contribution is -0.00383. The van der Waals surface area contributed by atoms with E-state index in [1.807, 2.05) is 31.6 Å². The minimum Gasteiger partial charge on any atom is -0.444 e. The molecule has 0 aliphatic carbocycles. The summed E-state index contributed by atoms with van der Waals surface area (Å²) in [5.74, 6) is 0.449. The summed E-state index contributed by atoms with van der Waals surface area (Å²) in [5.41, 5.74) is 0.589. The van der Waals surface area contributed by atoms with E-state index in [1.54, 1.807) is 17.2 Å². The lowest BCUT2D eigenvalue weighted by atomic mass is 10.0. The molecule has 5 heteroatoms. The van der Waals surface area contributed by atoms with E-state index < -0.39 is 5.60 Å². The van der Waals surface area contributed by atoms with Gasteiger partial charge in [0.2, 0.25) is 0 Å². The van der Waals surface area contributed by atoms with E-state index in [9.17, 15) is 4.79 Å². The topological polar surface area (TPSA) is 47.4 Å². The molecule has 0 radical (unpaired) electrons. The molecule has 104 valence electrons. The Morgan fingerprint density at radius 2 is 2.26 bits per heavy atom. The van der Waals surface area contributed by atoms with Crippen LogP contribution in [-0.2, 0) is 11.3 Å². The zero-order chi connectivity index (χ0) is 14.0. The zero-order valence-corrected chi connectivity index (χ0v) is 11.8. The average Bonchev–Trinajstić information content (AvgIpc) is 2.67. The quantitative estimate of drug-likeness (QED) is 0.841. The van der Waals surface area contributed by atoms with E-state index in [0.717, 1.165) is 25.2 Å². The lowest BCUT2D eigenvalue weighted by Gasteiger charge is -2.39. The zero-order valence-electron chi connectivity index (χ0n) is 11.8. The predicted molar refractivity (Wildman–Crippen MR) is 73.6 cm³/mol. The number of nitrogens with zero attached hydrogens (tertiary/aromatic N) is 3. The van der Waals surface area contributed by atoms with Gasteiger partial charge in [-0.15, -0.1) is 0 Å². The summed E-state index contributed by atoms with van der Waals surface area (Å²) >= 11 is 0. The van der Waals surface area contributed by atoms with Crippen LogP contribution in [0.1, 0.15) is 26.3 Å². The third kappa shape index (κ3) is 3.59. The number of hydrogen-bond acceptors (Lipinski definition) is 3. The number of carbonyl (C=O) groups is 1. The summed E-state index contributed by atoms with van der Waals surface area (Å²) in [4.78, 5) is 13.5. The molecule has 0 saturated carbocycles. The largest absolute Gasteiger partial charge is 0.444 e. The second kappa shape index (κ2) is 5.07. The van der Waals surface area contributed by atoms with Gasteiger partial charge in [-0.2, -0.15) is 5.10 Å². The molecule has 1 fully saturated rings. The molecule has 0 aromatic carbocycles. The molecule has 2 rings (SSSR count). The van der Waals surface area contributed by atoms with Gasteiger partial charge in [-0.25, -0.2) is 4.79 Å². The maximum absolute atomic E-state index is 11.8. The van der Waals surface area contributed by atoms with Crippen LogP contribution in [0.2, 0.25) is 0 Å². The molecular formula is C14H21N3O2. The van der Waals surface area contributed by atoms with Crippen LogP contribution in [-0.4, -0.2) is 39.5 Å². The molecule has 5 nitrogen and oxygen atoms in total. The second-order valence-corrected chi connectivity index (χ2v) is 5.95. The smallest absolute Gasteiger partial charge is 0.410 e. The van der Waals surface area contributed by atoms with Crippen LogP contribution < -0.4 is 0 Å². The van der Waals surface area contributed by atoms with Crippen LogP contribution in [0.3, 0.4) is 0 Å². The second-order valence-electron chi connectivity index (χ2n) is 5.95. The molecule has 1 amide bonds. The molecule has 0 atom stereocenters. The maximum Gasteiger partial charge on any atom is 0.410 e. The molecule has 0 bridgehead atoms. The number of carbonyl (C=O) groups excluding carboxylic acids is 1. The van der Waals surface area contributed by atoms with Gasteiger partial charge in [0.1, 0.15) is 5.60 Å². The molecule has 0 N–H and O–H groups in total. The van der Waals surface area contributed by atoms with Gasteiger partial charge in [0, 0.05) is 37.3 Å². The monoisotopic (exact) mass is 263 g/mol. The normalized spacial score (nSPS) is 16.1. The summed E-state index contributed by atoms with van der Waals surface area (Å²) in [5, 5.41) is 4.25. The molecule has 1 aliphatic heterocycles. The van der Waals surface area contributed by atoms with Crippen LogP contribution in [0.4, 0.5) is 4.79 Å².